The Balaban J connectivity index is 2.74. The summed E-state index contributed by atoms with van der Waals surface area (Å²) in [5.41, 5.74) is 1.25. The van der Waals surface area contributed by atoms with Gasteiger partial charge in [-0.15, -0.1) is 0 Å². The number of rotatable bonds is 6. The summed E-state index contributed by atoms with van der Waals surface area (Å²) in [6, 6.07) is 5.15. The van der Waals surface area contributed by atoms with Gasteiger partial charge in [-0.1, -0.05) is 43.2 Å². The van der Waals surface area contributed by atoms with Gasteiger partial charge in [0, 0.05) is 31.1 Å². The number of halogens is 1. The van der Waals surface area contributed by atoms with Gasteiger partial charge in [0.15, 0.2) is 0 Å². The molecule has 0 radical (unpaired) electrons. The Morgan fingerprint density at radius 3 is 2.76 bits per heavy atom. The second-order valence-corrected chi connectivity index (χ2v) is 5.31. The Kier molecular flexibility index (Phi) is 7.89. The van der Waals surface area contributed by atoms with Gasteiger partial charge >= 0.3 is 0 Å². The summed E-state index contributed by atoms with van der Waals surface area (Å²) in [7, 11) is 1.81. The molecule has 0 atom stereocenters. The first-order valence-corrected chi connectivity index (χ1v) is 7.62. The predicted octanol–water partition coefficient (Wildman–Crippen LogP) is 3.34. The first kappa shape index (κ1) is 17.6. The van der Waals surface area contributed by atoms with Crippen LogP contribution in [0.2, 0.25) is 5.02 Å². The highest BCUT2D eigenvalue weighted by atomic mass is 35.5. The third-order valence-electron chi connectivity index (χ3n) is 3.12. The minimum absolute atomic E-state index is 0.0251. The molecule has 0 aliphatic carbocycles. The maximum atomic E-state index is 12.3. The molecular weight excluding hydrogens is 286 g/mol. The Bertz CT molecular complexity index is 531. The van der Waals surface area contributed by atoms with Crippen LogP contribution in [0.3, 0.4) is 0 Å². The summed E-state index contributed by atoms with van der Waals surface area (Å²) in [4.78, 5) is 14.0. The van der Waals surface area contributed by atoms with E-state index in [0.29, 0.717) is 22.6 Å². The van der Waals surface area contributed by atoms with Gasteiger partial charge in [-0.25, -0.2) is 0 Å². The summed E-state index contributed by atoms with van der Waals surface area (Å²) in [6.07, 6.45) is 3.68. The molecule has 1 N–H and O–H groups in total. The van der Waals surface area contributed by atoms with Crippen molar-refractivity contribution in [3.8, 4) is 11.8 Å². The van der Waals surface area contributed by atoms with Crippen molar-refractivity contribution in [3.63, 3.8) is 0 Å². The molecule has 0 aromatic heterocycles. The standard InChI is InChI=1S/C17H22ClNO2/c1-3-4-6-11-19(2)17(21)15-10-9-14(16(18)13-15)8-5-7-12-20/h9-10,13,20H,3-4,6-7,11-12H2,1-2H3. The van der Waals surface area contributed by atoms with Crippen LogP contribution < -0.4 is 0 Å². The van der Waals surface area contributed by atoms with E-state index < -0.39 is 0 Å². The van der Waals surface area contributed by atoms with Crippen molar-refractivity contribution >= 4 is 17.5 Å². The number of amides is 1. The van der Waals surface area contributed by atoms with E-state index in [1.165, 1.54) is 0 Å². The lowest BCUT2D eigenvalue weighted by Gasteiger charge is -2.17. The SMILES string of the molecule is CCCCCN(C)C(=O)c1ccc(C#CCCO)c(Cl)c1. The second kappa shape index (κ2) is 9.44. The fraction of sp³-hybridized carbons (Fsp3) is 0.471. The molecular formula is C17H22ClNO2. The van der Waals surface area contributed by atoms with E-state index >= 15 is 0 Å². The topological polar surface area (TPSA) is 40.5 Å². The van der Waals surface area contributed by atoms with E-state index in [1.54, 1.807) is 30.1 Å². The van der Waals surface area contributed by atoms with Crippen LogP contribution in [-0.2, 0) is 0 Å². The zero-order chi connectivity index (χ0) is 15.7. The largest absolute Gasteiger partial charge is 0.395 e. The Morgan fingerprint density at radius 1 is 1.38 bits per heavy atom. The maximum Gasteiger partial charge on any atom is 0.253 e. The van der Waals surface area contributed by atoms with Gasteiger partial charge in [-0.05, 0) is 24.6 Å². The Hall–Kier alpha value is -1.50. The molecule has 114 valence electrons. The number of nitrogens with zero attached hydrogens (tertiary/aromatic N) is 1. The van der Waals surface area contributed by atoms with E-state index in [1.807, 2.05) is 0 Å². The van der Waals surface area contributed by atoms with E-state index in [2.05, 4.69) is 18.8 Å². The number of hydrogen-bond acceptors (Lipinski definition) is 2. The smallest absolute Gasteiger partial charge is 0.253 e. The molecule has 0 saturated heterocycles. The van der Waals surface area contributed by atoms with Gasteiger partial charge in [0.25, 0.3) is 5.91 Å². The summed E-state index contributed by atoms with van der Waals surface area (Å²) in [6.45, 7) is 2.92. The second-order valence-electron chi connectivity index (χ2n) is 4.90. The van der Waals surface area contributed by atoms with Crippen molar-refractivity contribution in [2.45, 2.75) is 32.6 Å². The van der Waals surface area contributed by atoms with Crippen molar-refractivity contribution in [1.82, 2.24) is 4.90 Å². The molecule has 0 saturated carbocycles. The average Bonchev–Trinajstić information content (AvgIpc) is 2.48. The van der Waals surface area contributed by atoms with Crippen molar-refractivity contribution in [1.29, 1.82) is 0 Å². The van der Waals surface area contributed by atoms with Gasteiger partial charge in [0.2, 0.25) is 0 Å². The third kappa shape index (κ3) is 5.79. The van der Waals surface area contributed by atoms with Gasteiger partial charge < -0.3 is 10.0 Å². The summed E-state index contributed by atoms with van der Waals surface area (Å²) in [5.74, 6) is 5.68. The minimum atomic E-state index is -0.0251. The Morgan fingerprint density at radius 2 is 2.14 bits per heavy atom. The van der Waals surface area contributed by atoms with Crippen LogP contribution in [-0.4, -0.2) is 36.1 Å². The quantitative estimate of drug-likeness (QED) is 0.647. The lowest BCUT2D eigenvalue weighted by molar-refractivity contribution is 0.0792. The summed E-state index contributed by atoms with van der Waals surface area (Å²) >= 11 is 6.15. The van der Waals surface area contributed by atoms with E-state index in [4.69, 9.17) is 16.7 Å². The number of aliphatic hydroxyl groups is 1. The fourth-order valence-corrected chi connectivity index (χ4v) is 2.11. The van der Waals surface area contributed by atoms with E-state index in [-0.39, 0.29) is 12.5 Å². The predicted molar refractivity (Wildman–Crippen MR) is 86.5 cm³/mol. The average molecular weight is 308 g/mol. The monoisotopic (exact) mass is 307 g/mol. The molecule has 1 aromatic rings. The van der Waals surface area contributed by atoms with Crippen LogP contribution in [0.15, 0.2) is 18.2 Å². The van der Waals surface area contributed by atoms with Gasteiger partial charge in [0.1, 0.15) is 0 Å². The summed E-state index contributed by atoms with van der Waals surface area (Å²) in [5, 5.41) is 9.16. The molecule has 0 heterocycles. The van der Waals surface area contributed by atoms with Crippen LogP contribution >= 0.6 is 11.6 Å². The van der Waals surface area contributed by atoms with E-state index in [0.717, 1.165) is 25.8 Å². The molecule has 0 aliphatic heterocycles. The first-order chi connectivity index (χ1) is 10.1. The number of aliphatic hydroxyl groups excluding tert-OH is 1. The zero-order valence-corrected chi connectivity index (χ0v) is 13.4. The van der Waals surface area contributed by atoms with Crippen molar-refractivity contribution in [3.05, 3.63) is 34.3 Å². The van der Waals surface area contributed by atoms with Crippen molar-refractivity contribution < 1.29 is 9.90 Å². The van der Waals surface area contributed by atoms with Gasteiger partial charge in [-0.2, -0.15) is 0 Å². The number of benzene rings is 1. The van der Waals surface area contributed by atoms with Gasteiger partial charge in [-0.3, -0.25) is 4.79 Å². The van der Waals surface area contributed by atoms with Crippen LogP contribution in [0, 0.1) is 11.8 Å². The van der Waals surface area contributed by atoms with Gasteiger partial charge in [0.05, 0.1) is 11.6 Å². The minimum Gasteiger partial charge on any atom is -0.395 e. The first-order valence-electron chi connectivity index (χ1n) is 7.25. The molecule has 21 heavy (non-hydrogen) atoms. The third-order valence-corrected chi connectivity index (χ3v) is 3.43. The highest BCUT2D eigenvalue weighted by Crippen LogP contribution is 2.18. The molecule has 3 nitrogen and oxygen atoms in total. The van der Waals surface area contributed by atoms with Crippen LogP contribution in [0.1, 0.15) is 48.5 Å². The van der Waals surface area contributed by atoms with E-state index in [9.17, 15) is 4.79 Å². The Labute approximate surface area is 131 Å². The fourth-order valence-electron chi connectivity index (χ4n) is 1.88. The molecule has 0 bridgehead atoms. The number of carbonyl (C=O) groups is 1. The lowest BCUT2D eigenvalue weighted by atomic mass is 10.1. The highest BCUT2D eigenvalue weighted by molar-refractivity contribution is 6.32. The molecule has 4 heteroatoms. The molecule has 1 amide bonds. The highest BCUT2D eigenvalue weighted by Gasteiger charge is 2.12. The maximum absolute atomic E-state index is 12.3. The molecule has 0 spiro atoms. The molecule has 0 aliphatic rings. The molecule has 1 rings (SSSR count). The lowest BCUT2D eigenvalue weighted by Crippen LogP contribution is -2.27. The molecule has 0 fully saturated rings. The number of carbonyl (C=O) groups excluding carboxylic acids is 1. The number of hydrogen-bond donors (Lipinski definition) is 1. The molecule has 0 unspecified atom stereocenters. The molecule has 1 aromatic carbocycles. The van der Waals surface area contributed by atoms with Crippen LogP contribution in [0.4, 0.5) is 0 Å². The zero-order valence-electron chi connectivity index (χ0n) is 12.7. The normalized spacial score (nSPS) is 9.90. The van der Waals surface area contributed by atoms with Crippen LogP contribution in [0.25, 0.3) is 0 Å². The summed E-state index contributed by atoms with van der Waals surface area (Å²) < 4.78 is 0. The number of unbranched alkanes of at least 4 members (excludes halogenated alkanes) is 2. The van der Waals surface area contributed by atoms with Crippen LogP contribution in [0.5, 0.6) is 0 Å². The van der Waals surface area contributed by atoms with Crippen molar-refractivity contribution in [2.75, 3.05) is 20.2 Å². The van der Waals surface area contributed by atoms with Crippen molar-refractivity contribution in [2.24, 2.45) is 0 Å².